The van der Waals surface area contributed by atoms with Crippen LogP contribution >= 0.6 is 0 Å². The summed E-state index contributed by atoms with van der Waals surface area (Å²) >= 11 is 0. The summed E-state index contributed by atoms with van der Waals surface area (Å²) < 4.78 is 4.84. The molecule has 0 unspecified atom stereocenters. The lowest BCUT2D eigenvalue weighted by Crippen LogP contribution is -2.52. The summed E-state index contributed by atoms with van der Waals surface area (Å²) in [5.41, 5.74) is 0.276. The van der Waals surface area contributed by atoms with E-state index in [9.17, 15) is 24.3 Å². The van der Waals surface area contributed by atoms with Crippen LogP contribution in [-0.4, -0.2) is 51.6 Å². The molecular weight excluding hydrogens is 292 g/mol. The SMILES string of the molecule is CC(=O)O[C@H](C)CN(C(=O)O)N1C(=O)c2ccccc2C1=O. The summed E-state index contributed by atoms with van der Waals surface area (Å²) in [6.07, 6.45) is -2.30. The molecule has 0 saturated heterocycles. The second-order valence-electron chi connectivity index (χ2n) is 4.75. The lowest BCUT2D eigenvalue weighted by atomic mass is 10.1. The highest BCUT2D eigenvalue weighted by Crippen LogP contribution is 2.24. The number of hydrogen-bond donors (Lipinski definition) is 1. The first kappa shape index (κ1) is 15.5. The highest BCUT2D eigenvalue weighted by atomic mass is 16.5. The molecule has 0 bridgehead atoms. The molecule has 0 radical (unpaired) electrons. The van der Waals surface area contributed by atoms with Gasteiger partial charge in [-0.1, -0.05) is 12.1 Å². The van der Waals surface area contributed by atoms with Crippen molar-refractivity contribution in [2.45, 2.75) is 20.0 Å². The van der Waals surface area contributed by atoms with Crippen LogP contribution in [-0.2, 0) is 9.53 Å². The molecule has 1 aromatic rings. The summed E-state index contributed by atoms with van der Waals surface area (Å²) in [5.74, 6) is -2.03. The first-order valence-corrected chi connectivity index (χ1v) is 6.48. The van der Waals surface area contributed by atoms with E-state index in [2.05, 4.69) is 0 Å². The molecule has 22 heavy (non-hydrogen) atoms. The van der Waals surface area contributed by atoms with Gasteiger partial charge in [0.1, 0.15) is 6.10 Å². The normalized spacial score (nSPS) is 14.5. The van der Waals surface area contributed by atoms with Crippen LogP contribution in [0.4, 0.5) is 4.79 Å². The predicted molar refractivity (Wildman–Crippen MR) is 72.9 cm³/mol. The minimum atomic E-state index is -1.49. The number of esters is 1. The Labute approximate surface area is 125 Å². The third-order valence-electron chi connectivity index (χ3n) is 3.03. The molecule has 8 nitrogen and oxygen atoms in total. The van der Waals surface area contributed by atoms with Crippen LogP contribution in [0.15, 0.2) is 24.3 Å². The first-order valence-electron chi connectivity index (χ1n) is 6.48. The molecule has 1 atom stereocenters. The number of fused-ring (bicyclic) bond motifs is 1. The van der Waals surface area contributed by atoms with Gasteiger partial charge in [0.15, 0.2) is 0 Å². The van der Waals surface area contributed by atoms with Gasteiger partial charge in [-0.15, -0.1) is 0 Å². The number of nitrogens with zero attached hydrogens (tertiary/aromatic N) is 2. The number of rotatable bonds is 4. The molecule has 1 heterocycles. The summed E-state index contributed by atoms with van der Waals surface area (Å²) in [4.78, 5) is 46.8. The third-order valence-corrected chi connectivity index (χ3v) is 3.03. The van der Waals surface area contributed by atoms with Crippen LogP contribution < -0.4 is 0 Å². The van der Waals surface area contributed by atoms with E-state index in [1.165, 1.54) is 26.0 Å². The van der Waals surface area contributed by atoms with Gasteiger partial charge < -0.3 is 9.84 Å². The Morgan fingerprint density at radius 2 is 1.73 bits per heavy atom. The quantitative estimate of drug-likeness (QED) is 0.660. The fourth-order valence-corrected chi connectivity index (χ4v) is 2.21. The Morgan fingerprint density at radius 3 is 2.14 bits per heavy atom. The number of ether oxygens (including phenoxy) is 1. The Morgan fingerprint density at radius 1 is 1.23 bits per heavy atom. The Balaban J connectivity index is 2.27. The van der Waals surface area contributed by atoms with Gasteiger partial charge in [0.05, 0.1) is 17.7 Å². The van der Waals surface area contributed by atoms with E-state index >= 15 is 0 Å². The number of benzene rings is 1. The minimum absolute atomic E-state index is 0.138. The van der Waals surface area contributed by atoms with Crippen molar-refractivity contribution in [2.75, 3.05) is 6.54 Å². The molecule has 0 aromatic heterocycles. The van der Waals surface area contributed by atoms with E-state index in [-0.39, 0.29) is 17.7 Å². The lowest BCUT2D eigenvalue weighted by Gasteiger charge is -2.29. The maximum atomic E-state index is 12.2. The first-order chi connectivity index (χ1) is 10.3. The zero-order valence-electron chi connectivity index (χ0n) is 12.0. The molecule has 116 valence electrons. The molecule has 0 fully saturated rings. The second kappa shape index (κ2) is 5.84. The number of carbonyl (C=O) groups excluding carboxylic acids is 3. The molecule has 1 N–H and O–H groups in total. The van der Waals surface area contributed by atoms with E-state index in [4.69, 9.17) is 4.74 Å². The maximum absolute atomic E-state index is 12.2. The predicted octanol–water partition coefficient (Wildman–Crippen LogP) is 1.13. The van der Waals surface area contributed by atoms with Crippen molar-refractivity contribution < 1.29 is 29.0 Å². The van der Waals surface area contributed by atoms with Crippen molar-refractivity contribution in [1.82, 2.24) is 10.0 Å². The highest BCUT2D eigenvalue weighted by molar-refractivity contribution is 6.21. The van der Waals surface area contributed by atoms with Crippen LogP contribution in [0, 0.1) is 0 Å². The minimum Gasteiger partial charge on any atom is -0.464 e. The van der Waals surface area contributed by atoms with Gasteiger partial charge in [0.25, 0.3) is 11.8 Å². The largest absolute Gasteiger partial charge is 0.464 e. The van der Waals surface area contributed by atoms with E-state index in [1.807, 2.05) is 0 Å². The van der Waals surface area contributed by atoms with Crippen LogP contribution in [0.5, 0.6) is 0 Å². The van der Waals surface area contributed by atoms with Crippen LogP contribution in [0.25, 0.3) is 0 Å². The molecule has 1 aliphatic heterocycles. The fourth-order valence-electron chi connectivity index (χ4n) is 2.21. The van der Waals surface area contributed by atoms with Crippen LogP contribution in [0.3, 0.4) is 0 Å². The zero-order chi connectivity index (χ0) is 16.4. The van der Waals surface area contributed by atoms with Crippen LogP contribution in [0.1, 0.15) is 34.6 Å². The number of hydrazine groups is 1. The topological polar surface area (TPSA) is 104 Å². The average molecular weight is 306 g/mol. The monoisotopic (exact) mass is 306 g/mol. The van der Waals surface area contributed by atoms with Crippen molar-refractivity contribution in [3.63, 3.8) is 0 Å². The van der Waals surface area contributed by atoms with Gasteiger partial charge in [0, 0.05) is 6.92 Å². The summed E-state index contributed by atoms with van der Waals surface area (Å²) in [5, 5.41) is 10.4. The van der Waals surface area contributed by atoms with Crippen molar-refractivity contribution in [1.29, 1.82) is 0 Å². The van der Waals surface area contributed by atoms with Gasteiger partial charge >= 0.3 is 12.1 Å². The standard InChI is InChI=1S/C14H14N2O6/c1-8(22-9(2)17)7-15(14(20)21)16-12(18)10-5-3-4-6-11(10)13(16)19/h3-6,8H,7H2,1-2H3,(H,20,21)/t8-/m1/s1. The Kier molecular flexibility index (Phi) is 4.11. The second-order valence-corrected chi connectivity index (χ2v) is 4.75. The molecule has 0 saturated carbocycles. The van der Waals surface area contributed by atoms with Gasteiger partial charge in [-0.05, 0) is 19.1 Å². The molecule has 0 aliphatic carbocycles. The Hall–Kier alpha value is -2.90. The highest BCUT2D eigenvalue weighted by Gasteiger charge is 2.41. The van der Waals surface area contributed by atoms with Gasteiger partial charge in [-0.25, -0.2) is 9.80 Å². The van der Waals surface area contributed by atoms with Crippen molar-refractivity contribution in [3.05, 3.63) is 35.4 Å². The summed E-state index contributed by atoms with van der Waals surface area (Å²) in [6.45, 7) is 2.32. The van der Waals surface area contributed by atoms with Gasteiger partial charge in [-0.3, -0.25) is 14.4 Å². The average Bonchev–Trinajstić information content (AvgIpc) is 2.68. The maximum Gasteiger partial charge on any atom is 0.426 e. The number of amides is 3. The van der Waals surface area contributed by atoms with Crippen molar-refractivity contribution in [3.8, 4) is 0 Å². The van der Waals surface area contributed by atoms with E-state index in [1.54, 1.807) is 12.1 Å². The van der Waals surface area contributed by atoms with Gasteiger partial charge in [-0.2, -0.15) is 5.01 Å². The lowest BCUT2D eigenvalue weighted by molar-refractivity contribution is -0.147. The molecule has 8 heteroatoms. The van der Waals surface area contributed by atoms with Crippen molar-refractivity contribution in [2.24, 2.45) is 0 Å². The van der Waals surface area contributed by atoms with E-state index in [0.717, 1.165) is 0 Å². The zero-order valence-corrected chi connectivity index (χ0v) is 12.0. The molecule has 3 amide bonds. The fraction of sp³-hybridized carbons (Fsp3) is 0.286. The number of carboxylic acid groups (broad SMARTS) is 1. The molecule has 0 spiro atoms. The van der Waals surface area contributed by atoms with E-state index < -0.39 is 30.0 Å². The summed E-state index contributed by atoms with van der Waals surface area (Å²) in [7, 11) is 0. The number of hydrogen-bond acceptors (Lipinski definition) is 5. The molecule has 2 rings (SSSR count). The molecule has 1 aromatic carbocycles. The van der Waals surface area contributed by atoms with Crippen molar-refractivity contribution >= 4 is 23.9 Å². The Bertz CT molecular complexity index is 621. The summed E-state index contributed by atoms with van der Waals surface area (Å²) in [6, 6.07) is 6.07. The van der Waals surface area contributed by atoms with E-state index in [0.29, 0.717) is 10.0 Å². The molecular formula is C14H14N2O6. The third kappa shape index (κ3) is 2.76. The van der Waals surface area contributed by atoms with Crippen LogP contribution in [0.2, 0.25) is 0 Å². The van der Waals surface area contributed by atoms with Gasteiger partial charge in [0.2, 0.25) is 0 Å². The smallest absolute Gasteiger partial charge is 0.426 e. The number of imide groups is 1. The molecule has 1 aliphatic rings. The number of carbonyl (C=O) groups is 4.